The molecular weight excluding hydrogens is 316 g/mol. The van der Waals surface area contributed by atoms with Gasteiger partial charge in [-0.05, 0) is 0 Å². The van der Waals surface area contributed by atoms with Crippen LogP contribution < -0.4 is 10.6 Å². The van der Waals surface area contributed by atoms with Crippen molar-refractivity contribution in [3.8, 4) is 12.0 Å². The lowest BCUT2D eigenvalue weighted by atomic mass is 10.1. The van der Waals surface area contributed by atoms with E-state index in [2.05, 4.69) is 28.5 Å². The highest BCUT2D eigenvalue weighted by molar-refractivity contribution is 5.73. The van der Waals surface area contributed by atoms with E-state index < -0.39 is 31.1 Å². The lowest BCUT2D eigenvalue weighted by molar-refractivity contribution is -0.0313. The van der Waals surface area contributed by atoms with Crippen LogP contribution in [-0.2, 0) is 9.47 Å². The Morgan fingerprint density at radius 1 is 1.46 bits per heavy atom. The van der Waals surface area contributed by atoms with Gasteiger partial charge in [-0.3, -0.25) is 4.90 Å². The Morgan fingerprint density at radius 2 is 2.21 bits per heavy atom. The van der Waals surface area contributed by atoms with Crippen molar-refractivity contribution < 1.29 is 24.8 Å². The van der Waals surface area contributed by atoms with Gasteiger partial charge in [-0.1, -0.05) is 18.6 Å². The van der Waals surface area contributed by atoms with Crippen LogP contribution in [0.1, 0.15) is 5.56 Å². The maximum absolute atomic E-state index is 10.3. The summed E-state index contributed by atoms with van der Waals surface area (Å²) in [5.74, 6) is 2.89. The molecule has 1 fully saturated rings. The summed E-state index contributed by atoms with van der Waals surface area (Å²) in [7, 11) is 1.46. The third kappa shape index (κ3) is 3.48. The van der Waals surface area contributed by atoms with E-state index >= 15 is 0 Å². The van der Waals surface area contributed by atoms with Crippen LogP contribution in [0.25, 0.3) is 6.08 Å². The molecule has 1 aromatic rings. The first-order valence-corrected chi connectivity index (χ1v) is 7.17. The Hall–Kier alpha value is -2.22. The predicted octanol–water partition coefficient (Wildman–Crippen LogP) is -1.45. The molecule has 4 unspecified atom stereocenters. The Kier molecular flexibility index (Phi) is 6.08. The van der Waals surface area contributed by atoms with Crippen molar-refractivity contribution in [3.63, 3.8) is 0 Å². The van der Waals surface area contributed by atoms with Crippen LogP contribution in [0, 0.1) is 12.0 Å². The summed E-state index contributed by atoms with van der Waals surface area (Å²) < 4.78 is 10.6. The number of nitrogen functional groups attached to an aromatic ring is 1. The van der Waals surface area contributed by atoms with Gasteiger partial charge in [0.15, 0.2) is 12.0 Å². The highest BCUT2D eigenvalue weighted by Gasteiger charge is 2.46. The molecule has 1 saturated heterocycles. The van der Waals surface area contributed by atoms with Gasteiger partial charge in [0.05, 0.1) is 12.2 Å². The van der Waals surface area contributed by atoms with Crippen LogP contribution in [0.2, 0.25) is 0 Å². The molecule has 0 saturated carbocycles. The minimum Gasteiger partial charge on any atom is -0.387 e. The van der Waals surface area contributed by atoms with E-state index in [1.54, 1.807) is 0 Å². The fraction of sp³-hybridized carbons (Fsp3) is 0.467. The normalized spacial score (nSPS) is 25.8. The smallest absolute Gasteiger partial charge is 0.172 e. The molecule has 0 spiro atoms. The second-order valence-corrected chi connectivity index (χ2v) is 5.02. The first kappa shape index (κ1) is 18.1. The fourth-order valence-electron chi connectivity index (χ4n) is 2.39. The molecule has 2 rings (SSSR count). The summed E-state index contributed by atoms with van der Waals surface area (Å²) in [6, 6.07) is 2.65. The fourth-order valence-corrected chi connectivity index (χ4v) is 2.39. The molecule has 24 heavy (non-hydrogen) atoms. The Bertz CT molecular complexity index is 644. The van der Waals surface area contributed by atoms with Gasteiger partial charge in [0.2, 0.25) is 0 Å². The quantitative estimate of drug-likeness (QED) is 0.376. The van der Waals surface area contributed by atoms with Crippen LogP contribution in [0.5, 0.6) is 0 Å². The lowest BCUT2D eigenvalue weighted by Crippen LogP contribution is -2.42. The molecule has 0 aliphatic carbocycles. The Balaban J connectivity index is 2.44. The molecule has 0 radical (unpaired) electrons. The van der Waals surface area contributed by atoms with Crippen molar-refractivity contribution in [2.75, 3.05) is 31.0 Å². The minimum atomic E-state index is -1.27. The maximum Gasteiger partial charge on any atom is 0.172 e. The molecule has 1 aliphatic rings. The van der Waals surface area contributed by atoms with Crippen LogP contribution in [0.15, 0.2) is 12.9 Å². The monoisotopic (exact) mass is 336 g/mol. The van der Waals surface area contributed by atoms with Gasteiger partial charge in [-0.25, -0.2) is 9.97 Å². The summed E-state index contributed by atoms with van der Waals surface area (Å²) >= 11 is 0. The average molecular weight is 336 g/mol. The molecule has 5 N–H and O–H groups in total. The first-order chi connectivity index (χ1) is 11.5. The van der Waals surface area contributed by atoms with Crippen LogP contribution in [0.4, 0.5) is 11.6 Å². The topological polar surface area (TPSA) is 134 Å². The van der Waals surface area contributed by atoms with E-state index in [4.69, 9.17) is 20.3 Å². The molecule has 0 amide bonds. The van der Waals surface area contributed by atoms with Gasteiger partial charge in [-0.15, -0.1) is 0 Å². The number of nitrogens with two attached hydrogens (primary N) is 1. The number of ether oxygens (including phenoxy) is 2. The largest absolute Gasteiger partial charge is 0.387 e. The van der Waals surface area contributed by atoms with Crippen LogP contribution >= 0.6 is 0 Å². The van der Waals surface area contributed by atoms with E-state index in [0.717, 1.165) is 0 Å². The van der Waals surface area contributed by atoms with Crippen molar-refractivity contribution in [1.82, 2.24) is 9.97 Å². The minimum absolute atomic E-state index is 0.0935. The van der Waals surface area contributed by atoms with E-state index in [0.29, 0.717) is 5.56 Å². The van der Waals surface area contributed by atoms with Gasteiger partial charge in [0, 0.05) is 13.2 Å². The van der Waals surface area contributed by atoms with Crippen molar-refractivity contribution in [2.24, 2.45) is 0 Å². The van der Waals surface area contributed by atoms with Gasteiger partial charge in [0.1, 0.15) is 37.1 Å². The molecule has 1 aromatic heterocycles. The molecule has 0 bridgehead atoms. The van der Waals surface area contributed by atoms with Crippen LogP contribution in [-0.4, -0.2) is 70.2 Å². The molecule has 9 nitrogen and oxygen atoms in total. The number of rotatable bonds is 5. The summed E-state index contributed by atoms with van der Waals surface area (Å²) in [5, 5.41) is 29.4. The van der Waals surface area contributed by atoms with Crippen molar-refractivity contribution in [3.05, 3.63) is 18.5 Å². The number of nitrogens with zero attached hydrogens (tertiary/aromatic N) is 3. The third-order valence-electron chi connectivity index (χ3n) is 3.53. The van der Waals surface area contributed by atoms with Crippen molar-refractivity contribution >= 4 is 17.7 Å². The maximum atomic E-state index is 10.3. The second kappa shape index (κ2) is 8.05. The molecule has 2 heterocycles. The van der Waals surface area contributed by atoms with E-state index in [9.17, 15) is 10.2 Å². The number of methoxy groups -OCH3 is 1. The van der Waals surface area contributed by atoms with Gasteiger partial charge < -0.3 is 30.5 Å². The number of aliphatic hydroxyl groups is 3. The highest BCUT2D eigenvalue weighted by atomic mass is 16.6. The van der Waals surface area contributed by atoms with E-state index in [1.165, 1.54) is 24.4 Å². The van der Waals surface area contributed by atoms with E-state index in [1.807, 2.05) is 0 Å². The number of anilines is 2. The number of hydrogen-bond donors (Lipinski definition) is 4. The van der Waals surface area contributed by atoms with Gasteiger partial charge >= 0.3 is 0 Å². The Morgan fingerprint density at radius 3 is 2.83 bits per heavy atom. The molecule has 130 valence electrons. The van der Waals surface area contributed by atoms with Crippen molar-refractivity contribution in [1.29, 1.82) is 0 Å². The standard InChI is InChI=1S/C15H20N4O5/c1-3-9-13(16)17-8-18-14(9)19(5-4-6-20)15-12(22)11(21)10(24-15)7-23-2/h3,8,10-12,15,20-22H,1,6-7H2,2H3,(H2,16,17,18). The third-order valence-corrected chi connectivity index (χ3v) is 3.53. The van der Waals surface area contributed by atoms with Crippen molar-refractivity contribution in [2.45, 2.75) is 24.5 Å². The number of hydrogen-bond acceptors (Lipinski definition) is 9. The zero-order chi connectivity index (χ0) is 17.7. The zero-order valence-electron chi connectivity index (χ0n) is 13.2. The predicted molar refractivity (Wildman–Crippen MR) is 86.4 cm³/mol. The molecule has 4 atom stereocenters. The highest BCUT2D eigenvalue weighted by Crippen LogP contribution is 2.30. The Labute approximate surface area is 139 Å². The van der Waals surface area contributed by atoms with Gasteiger partial charge in [-0.2, -0.15) is 0 Å². The number of aliphatic hydroxyl groups excluding tert-OH is 3. The second-order valence-electron chi connectivity index (χ2n) is 5.02. The summed E-state index contributed by atoms with van der Waals surface area (Å²) in [6.45, 7) is 3.35. The molecule has 0 aromatic carbocycles. The first-order valence-electron chi connectivity index (χ1n) is 7.17. The SMILES string of the molecule is C=Cc1c(N)ncnc1N(C#CCO)C1OC(COC)C(O)C1O. The number of aromatic nitrogens is 2. The average Bonchev–Trinajstić information content (AvgIpc) is 2.84. The molecular formula is C15H20N4O5. The molecule has 1 aliphatic heterocycles. The van der Waals surface area contributed by atoms with Gasteiger partial charge in [0.25, 0.3) is 0 Å². The molecule has 9 heteroatoms. The summed E-state index contributed by atoms with van der Waals surface area (Å²) in [5.41, 5.74) is 6.21. The van der Waals surface area contributed by atoms with E-state index in [-0.39, 0.29) is 18.2 Å². The van der Waals surface area contributed by atoms with Crippen LogP contribution in [0.3, 0.4) is 0 Å². The zero-order valence-corrected chi connectivity index (χ0v) is 13.2. The lowest BCUT2D eigenvalue weighted by Gasteiger charge is -2.27. The summed E-state index contributed by atoms with van der Waals surface area (Å²) in [4.78, 5) is 9.28. The summed E-state index contributed by atoms with van der Waals surface area (Å²) in [6.07, 6.45) is -1.53.